The SMILES string of the molecule is Cc1cc(C)cc(C2Nc3sc(C(C)(C)C(=O)N4C5CCC4CC5)cc3C2CCN2CCC(CNS(=O)(=O)c3c(C)noc3C)CC2)c1. The number of aryl methyl sites for hydroxylation is 4. The number of benzene rings is 1. The van der Waals surface area contributed by atoms with Crippen LogP contribution in [-0.4, -0.2) is 67.5 Å². The maximum absolute atomic E-state index is 14.0. The molecule has 2 atom stereocenters. The second-order valence-electron chi connectivity index (χ2n) is 15.4. The smallest absolute Gasteiger partial charge is 0.245 e. The Balaban J connectivity index is 1.03. The summed E-state index contributed by atoms with van der Waals surface area (Å²) in [6, 6.07) is 10.3. The van der Waals surface area contributed by atoms with Crippen molar-refractivity contribution in [1.82, 2.24) is 19.7 Å². The molecule has 1 aromatic carbocycles. The van der Waals surface area contributed by atoms with Gasteiger partial charge in [-0.05, 0) is 129 Å². The van der Waals surface area contributed by atoms with Crippen LogP contribution in [0.5, 0.6) is 0 Å². The van der Waals surface area contributed by atoms with Gasteiger partial charge >= 0.3 is 0 Å². The lowest BCUT2D eigenvalue weighted by atomic mass is 9.84. The number of aromatic nitrogens is 1. The Morgan fingerprint density at radius 1 is 1.00 bits per heavy atom. The normalized spacial score (nSPS) is 24.8. The third-order valence-corrected chi connectivity index (χ3v) is 14.6. The van der Waals surface area contributed by atoms with Gasteiger partial charge in [0, 0.05) is 29.4 Å². The minimum atomic E-state index is -3.65. The van der Waals surface area contributed by atoms with E-state index in [1.165, 1.54) is 32.1 Å². The molecule has 0 radical (unpaired) electrons. The topological polar surface area (TPSA) is 108 Å². The Labute approximate surface area is 289 Å². The van der Waals surface area contributed by atoms with Crippen LogP contribution < -0.4 is 10.0 Å². The molecule has 48 heavy (non-hydrogen) atoms. The molecule has 7 rings (SSSR count). The van der Waals surface area contributed by atoms with E-state index >= 15 is 0 Å². The quantitative estimate of drug-likeness (QED) is 0.243. The van der Waals surface area contributed by atoms with Gasteiger partial charge in [-0.1, -0.05) is 34.5 Å². The molecule has 0 spiro atoms. The first kappa shape index (κ1) is 33.8. The molecule has 4 aliphatic heterocycles. The standard InChI is InChI=1S/C37H51N5O4S2/c1-22-17-23(2)19-27(18-22)33-30(13-16-41-14-11-26(12-15-41)21-38-48(44,45)34-24(3)40-46-25(34)4)31-20-32(47-35(31)39-33)37(5,6)36(43)42-28-7-8-29(42)10-9-28/h17-20,26,28-30,33,38-39H,7-16,21H2,1-6H3. The molecular weight excluding hydrogens is 643 g/mol. The van der Waals surface area contributed by atoms with Gasteiger partial charge in [-0.2, -0.15) is 0 Å². The zero-order chi connectivity index (χ0) is 34.0. The Bertz CT molecular complexity index is 1730. The molecule has 3 fully saturated rings. The van der Waals surface area contributed by atoms with Crippen LogP contribution >= 0.6 is 11.3 Å². The first-order valence-corrected chi connectivity index (χ1v) is 20.1. The van der Waals surface area contributed by atoms with Crippen LogP contribution in [0.1, 0.15) is 109 Å². The molecule has 260 valence electrons. The predicted molar refractivity (Wildman–Crippen MR) is 190 cm³/mol. The molecule has 0 aliphatic carbocycles. The minimum absolute atomic E-state index is 0.162. The summed E-state index contributed by atoms with van der Waals surface area (Å²) in [5.41, 5.74) is 5.09. The lowest BCUT2D eigenvalue weighted by Crippen LogP contribution is -2.45. The van der Waals surface area contributed by atoms with Crippen LogP contribution in [0, 0.1) is 33.6 Å². The molecule has 2 bridgehead atoms. The highest BCUT2D eigenvalue weighted by molar-refractivity contribution is 7.89. The van der Waals surface area contributed by atoms with Crippen molar-refractivity contribution in [3.8, 4) is 0 Å². The van der Waals surface area contributed by atoms with Crippen LogP contribution in [0.3, 0.4) is 0 Å². The van der Waals surface area contributed by atoms with E-state index in [1.807, 2.05) is 0 Å². The first-order valence-electron chi connectivity index (χ1n) is 17.8. The number of fused-ring (bicyclic) bond motifs is 3. The Kier molecular flexibility index (Phi) is 9.05. The largest absolute Gasteiger partial charge is 0.369 e. The number of nitrogens with zero attached hydrogens (tertiary/aromatic N) is 3. The van der Waals surface area contributed by atoms with Crippen LogP contribution in [-0.2, 0) is 20.2 Å². The van der Waals surface area contributed by atoms with Crippen molar-refractivity contribution in [1.29, 1.82) is 0 Å². The molecular formula is C37H51N5O4S2. The monoisotopic (exact) mass is 693 g/mol. The van der Waals surface area contributed by atoms with E-state index < -0.39 is 15.4 Å². The summed E-state index contributed by atoms with van der Waals surface area (Å²) < 4.78 is 33.8. The summed E-state index contributed by atoms with van der Waals surface area (Å²) >= 11 is 1.78. The van der Waals surface area contributed by atoms with Crippen LogP contribution in [0.25, 0.3) is 0 Å². The number of anilines is 1. The highest BCUT2D eigenvalue weighted by Gasteiger charge is 2.48. The van der Waals surface area contributed by atoms with Crippen molar-refractivity contribution >= 4 is 32.3 Å². The Morgan fingerprint density at radius 3 is 2.25 bits per heavy atom. The summed E-state index contributed by atoms with van der Waals surface area (Å²) in [7, 11) is -3.65. The van der Waals surface area contributed by atoms with E-state index in [4.69, 9.17) is 4.52 Å². The number of hydrogen-bond acceptors (Lipinski definition) is 8. The van der Waals surface area contributed by atoms with Gasteiger partial charge in [-0.25, -0.2) is 13.1 Å². The molecule has 2 N–H and O–H groups in total. The lowest BCUT2D eigenvalue weighted by Gasteiger charge is -2.33. The fraction of sp³-hybridized carbons (Fsp3) is 0.622. The van der Waals surface area contributed by atoms with E-state index in [0.29, 0.717) is 47.8 Å². The van der Waals surface area contributed by atoms with Crippen molar-refractivity contribution in [2.75, 3.05) is 31.5 Å². The number of likely N-dealkylation sites (tertiary alicyclic amines) is 1. The molecule has 4 aliphatic rings. The molecule has 1 amide bonds. The molecule has 3 saturated heterocycles. The van der Waals surface area contributed by atoms with E-state index in [0.717, 1.165) is 64.6 Å². The molecule has 9 nitrogen and oxygen atoms in total. The maximum Gasteiger partial charge on any atom is 0.245 e. The zero-order valence-corrected chi connectivity index (χ0v) is 30.9. The van der Waals surface area contributed by atoms with Crippen molar-refractivity contribution in [3.63, 3.8) is 0 Å². The fourth-order valence-electron chi connectivity index (χ4n) is 8.92. The van der Waals surface area contributed by atoms with Crippen molar-refractivity contribution in [2.24, 2.45) is 5.92 Å². The number of piperidine rings is 1. The molecule has 6 heterocycles. The van der Waals surface area contributed by atoms with Crippen molar-refractivity contribution in [3.05, 3.63) is 62.9 Å². The van der Waals surface area contributed by atoms with E-state index in [1.54, 1.807) is 25.2 Å². The number of carbonyl (C=O) groups is 1. The average Bonchev–Trinajstić information content (AvgIpc) is 3.86. The van der Waals surface area contributed by atoms with Gasteiger partial charge in [0.15, 0.2) is 5.76 Å². The molecule has 3 aromatic rings. The Morgan fingerprint density at radius 2 is 1.65 bits per heavy atom. The van der Waals surface area contributed by atoms with Gasteiger partial charge < -0.3 is 19.6 Å². The van der Waals surface area contributed by atoms with Crippen molar-refractivity contribution < 1.29 is 17.7 Å². The first-order chi connectivity index (χ1) is 22.8. The van der Waals surface area contributed by atoms with E-state index in [9.17, 15) is 13.2 Å². The lowest BCUT2D eigenvalue weighted by molar-refractivity contribution is -0.137. The average molecular weight is 694 g/mol. The summed E-state index contributed by atoms with van der Waals surface area (Å²) in [5, 5.41) is 8.96. The highest BCUT2D eigenvalue weighted by Crippen LogP contribution is 2.53. The molecule has 11 heteroatoms. The maximum atomic E-state index is 14.0. The van der Waals surface area contributed by atoms with Gasteiger partial charge in [0.05, 0.1) is 16.5 Å². The fourth-order valence-corrected chi connectivity index (χ4v) is 11.6. The third-order valence-electron chi connectivity index (χ3n) is 11.6. The van der Waals surface area contributed by atoms with Gasteiger partial charge in [-0.3, -0.25) is 4.79 Å². The molecule has 2 unspecified atom stereocenters. The summed E-state index contributed by atoms with van der Waals surface area (Å²) in [6.07, 6.45) is 7.55. The second-order valence-corrected chi connectivity index (χ2v) is 18.2. The number of sulfonamides is 1. The van der Waals surface area contributed by atoms with Gasteiger partial charge in [0.25, 0.3) is 0 Å². The molecule has 2 aromatic heterocycles. The predicted octanol–water partition coefficient (Wildman–Crippen LogP) is 6.73. The van der Waals surface area contributed by atoms with Crippen LogP contribution in [0.15, 0.2) is 33.7 Å². The van der Waals surface area contributed by atoms with Gasteiger partial charge in [-0.15, -0.1) is 11.3 Å². The van der Waals surface area contributed by atoms with E-state index in [-0.39, 0.29) is 10.9 Å². The minimum Gasteiger partial charge on any atom is -0.369 e. The van der Waals surface area contributed by atoms with Crippen LogP contribution in [0.4, 0.5) is 5.00 Å². The highest BCUT2D eigenvalue weighted by atomic mass is 32.2. The number of thiophene rings is 1. The van der Waals surface area contributed by atoms with Gasteiger partial charge in [0.2, 0.25) is 15.9 Å². The number of nitrogens with one attached hydrogen (secondary N) is 2. The van der Waals surface area contributed by atoms with Crippen molar-refractivity contribution in [2.45, 2.75) is 121 Å². The summed E-state index contributed by atoms with van der Waals surface area (Å²) in [4.78, 5) is 20.1. The molecule has 0 saturated carbocycles. The second kappa shape index (κ2) is 12.9. The third kappa shape index (κ3) is 6.24. The number of amides is 1. The van der Waals surface area contributed by atoms with Gasteiger partial charge in [0.1, 0.15) is 10.6 Å². The Hall–Kier alpha value is -2.73. The number of rotatable bonds is 10. The number of carbonyl (C=O) groups excluding carboxylic acids is 1. The summed E-state index contributed by atoms with van der Waals surface area (Å²) in [5.74, 6) is 1.22. The van der Waals surface area contributed by atoms with E-state index in [2.05, 4.69) is 77.0 Å². The van der Waals surface area contributed by atoms with Crippen LogP contribution in [0.2, 0.25) is 0 Å². The summed E-state index contributed by atoms with van der Waals surface area (Å²) in [6.45, 7) is 15.2. The number of hydrogen-bond donors (Lipinski definition) is 2. The zero-order valence-electron chi connectivity index (χ0n) is 29.3.